The third-order valence-corrected chi connectivity index (χ3v) is 2.89. The van der Waals surface area contributed by atoms with Gasteiger partial charge in [0.2, 0.25) is 0 Å². The highest BCUT2D eigenvalue weighted by Crippen LogP contribution is 2.39. The first-order chi connectivity index (χ1) is 9.34. The summed E-state index contributed by atoms with van der Waals surface area (Å²) in [5, 5.41) is 2.88. The summed E-state index contributed by atoms with van der Waals surface area (Å²) in [5.74, 6) is -1.66. The van der Waals surface area contributed by atoms with Crippen LogP contribution in [0.5, 0.6) is 5.75 Å². The quantitative estimate of drug-likeness (QED) is 0.659. The smallest absolute Gasteiger partial charge is 0.252 e. The van der Waals surface area contributed by atoms with Gasteiger partial charge in [-0.25, -0.2) is 13.8 Å². The Bertz CT molecular complexity index is 478. The van der Waals surface area contributed by atoms with Crippen molar-refractivity contribution >= 4 is 11.6 Å². The van der Waals surface area contributed by atoms with Crippen LogP contribution < -0.4 is 15.8 Å². The van der Waals surface area contributed by atoms with E-state index in [-0.39, 0.29) is 30.9 Å². The fourth-order valence-electron chi connectivity index (χ4n) is 1.99. The molecule has 110 valence electrons. The summed E-state index contributed by atoms with van der Waals surface area (Å²) in [7, 11) is 0. The number of nitrogens with one attached hydrogen (secondary N) is 1. The molecular formula is C14H19F2N3O. The normalized spacial score (nSPS) is 18.8. The van der Waals surface area contributed by atoms with E-state index in [4.69, 9.17) is 10.5 Å². The Morgan fingerprint density at radius 1 is 1.35 bits per heavy atom. The number of guanidine groups is 1. The topological polar surface area (TPSA) is 59.6 Å². The Balaban J connectivity index is 1.88. The first-order valence-corrected chi connectivity index (χ1v) is 6.59. The average Bonchev–Trinajstić information content (AvgIpc) is 2.28. The van der Waals surface area contributed by atoms with Gasteiger partial charge in [-0.2, -0.15) is 0 Å². The summed E-state index contributed by atoms with van der Waals surface area (Å²) in [6.45, 7) is 3.90. The van der Waals surface area contributed by atoms with Gasteiger partial charge in [0.15, 0.2) is 5.96 Å². The van der Waals surface area contributed by atoms with Crippen molar-refractivity contribution in [2.75, 3.05) is 5.32 Å². The number of nitrogens with two attached hydrogens (primary N) is 1. The number of anilines is 1. The van der Waals surface area contributed by atoms with E-state index < -0.39 is 5.92 Å². The van der Waals surface area contributed by atoms with Crippen molar-refractivity contribution < 1.29 is 13.5 Å². The highest BCUT2D eigenvalue weighted by molar-refractivity contribution is 5.92. The van der Waals surface area contributed by atoms with Gasteiger partial charge in [0.05, 0.1) is 12.1 Å². The molecular weight excluding hydrogens is 264 g/mol. The summed E-state index contributed by atoms with van der Waals surface area (Å²) in [6.07, 6.45) is -0.340. The minimum absolute atomic E-state index is 0.112. The molecule has 0 unspecified atom stereocenters. The largest absolute Gasteiger partial charge is 0.491 e. The van der Waals surface area contributed by atoms with Crippen molar-refractivity contribution in [3.63, 3.8) is 0 Å². The lowest BCUT2D eigenvalue weighted by Gasteiger charge is -2.32. The van der Waals surface area contributed by atoms with Crippen molar-refractivity contribution in [1.29, 1.82) is 0 Å². The summed E-state index contributed by atoms with van der Waals surface area (Å²) in [5.41, 5.74) is 6.43. The lowest BCUT2D eigenvalue weighted by Crippen LogP contribution is -2.40. The van der Waals surface area contributed by atoms with Crippen LogP contribution in [-0.2, 0) is 0 Å². The molecule has 1 aromatic rings. The van der Waals surface area contributed by atoms with E-state index in [9.17, 15) is 8.78 Å². The maximum absolute atomic E-state index is 12.7. The fourth-order valence-corrected chi connectivity index (χ4v) is 1.99. The molecule has 0 atom stereocenters. The Kier molecular flexibility index (Phi) is 4.11. The Morgan fingerprint density at radius 3 is 2.45 bits per heavy atom. The van der Waals surface area contributed by atoms with Gasteiger partial charge < -0.3 is 15.8 Å². The molecule has 2 rings (SSSR count). The zero-order chi connectivity index (χ0) is 14.8. The molecule has 1 aliphatic carbocycles. The Labute approximate surface area is 117 Å². The van der Waals surface area contributed by atoms with Crippen LogP contribution in [-0.4, -0.2) is 24.0 Å². The van der Waals surface area contributed by atoms with Gasteiger partial charge >= 0.3 is 0 Å². The lowest BCUT2D eigenvalue weighted by molar-refractivity contribution is -0.0834. The van der Waals surface area contributed by atoms with E-state index in [1.54, 1.807) is 12.1 Å². The molecule has 6 heteroatoms. The Hall–Kier alpha value is -1.85. The van der Waals surface area contributed by atoms with Gasteiger partial charge in [-0.15, -0.1) is 0 Å². The van der Waals surface area contributed by atoms with Crippen LogP contribution in [0.4, 0.5) is 14.5 Å². The van der Waals surface area contributed by atoms with Crippen molar-refractivity contribution in [2.24, 2.45) is 10.7 Å². The third-order valence-electron chi connectivity index (χ3n) is 2.89. The van der Waals surface area contributed by atoms with Gasteiger partial charge in [0, 0.05) is 18.5 Å². The maximum atomic E-state index is 12.7. The van der Waals surface area contributed by atoms with Crippen LogP contribution in [0, 0.1) is 0 Å². The van der Waals surface area contributed by atoms with Crippen LogP contribution >= 0.6 is 0 Å². The van der Waals surface area contributed by atoms with E-state index in [0.29, 0.717) is 0 Å². The van der Waals surface area contributed by atoms with Crippen LogP contribution in [0.25, 0.3) is 0 Å². The molecule has 0 bridgehead atoms. The second-order valence-corrected chi connectivity index (χ2v) is 5.25. The molecule has 0 radical (unpaired) electrons. The number of hydrogen-bond acceptors (Lipinski definition) is 2. The first kappa shape index (κ1) is 14.6. The van der Waals surface area contributed by atoms with E-state index in [1.165, 1.54) is 0 Å². The monoisotopic (exact) mass is 283 g/mol. The molecule has 0 aromatic heterocycles. The standard InChI is InChI=1S/C14H19F2N3O/c1-9(2)20-12-5-3-10(4-6-12)18-13(17)19-11-7-14(15,16)8-11/h3-6,9,11H,7-8H2,1-2H3,(H3,17,18,19). The number of hydrogen-bond donors (Lipinski definition) is 2. The van der Waals surface area contributed by atoms with Crippen molar-refractivity contribution in [1.82, 2.24) is 0 Å². The molecule has 1 aromatic carbocycles. The predicted octanol–water partition coefficient (Wildman–Crippen LogP) is 3.00. The fraction of sp³-hybridized carbons (Fsp3) is 0.500. The highest BCUT2D eigenvalue weighted by atomic mass is 19.3. The van der Waals surface area contributed by atoms with Crippen molar-refractivity contribution in [3.05, 3.63) is 24.3 Å². The van der Waals surface area contributed by atoms with E-state index >= 15 is 0 Å². The molecule has 1 saturated carbocycles. The minimum Gasteiger partial charge on any atom is -0.491 e. The molecule has 0 spiro atoms. The van der Waals surface area contributed by atoms with Gasteiger partial charge in [-0.05, 0) is 38.1 Å². The lowest BCUT2D eigenvalue weighted by atomic mass is 9.89. The van der Waals surface area contributed by atoms with E-state index in [0.717, 1.165) is 11.4 Å². The molecule has 0 amide bonds. The summed E-state index contributed by atoms with van der Waals surface area (Å²) in [4.78, 5) is 4.02. The van der Waals surface area contributed by atoms with Gasteiger partial charge in [0.25, 0.3) is 5.92 Å². The van der Waals surface area contributed by atoms with Gasteiger partial charge in [-0.1, -0.05) is 0 Å². The summed E-state index contributed by atoms with van der Waals surface area (Å²) in [6, 6.07) is 6.84. The number of alkyl halides is 2. The number of rotatable bonds is 4. The molecule has 1 fully saturated rings. The maximum Gasteiger partial charge on any atom is 0.252 e. The summed E-state index contributed by atoms with van der Waals surface area (Å²) < 4.78 is 30.9. The molecule has 0 saturated heterocycles. The number of nitrogens with zero attached hydrogens (tertiary/aromatic N) is 1. The summed E-state index contributed by atoms with van der Waals surface area (Å²) >= 11 is 0. The highest BCUT2D eigenvalue weighted by Gasteiger charge is 2.45. The number of aliphatic imine (C=N–C) groups is 1. The molecule has 3 N–H and O–H groups in total. The second kappa shape index (κ2) is 5.64. The van der Waals surface area contributed by atoms with E-state index in [2.05, 4.69) is 10.3 Å². The zero-order valence-corrected chi connectivity index (χ0v) is 11.6. The van der Waals surface area contributed by atoms with Crippen LogP contribution in [0.15, 0.2) is 29.3 Å². The van der Waals surface area contributed by atoms with Crippen LogP contribution in [0.2, 0.25) is 0 Å². The predicted molar refractivity (Wildman–Crippen MR) is 75.4 cm³/mol. The molecule has 0 heterocycles. The molecule has 20 heavy (non-hydrogen) atoms. The number of ether oxygens (including phenoxy) is 1. The Morgan fingerprint density at radius 2 is 1.95 bits per heavy atom. The van der Waals surface area contributed by atoms with Crippen LogP contribution in [0.1, 0.15) is 26.7 Å². The SMILES string of the molecule is CC(C)Oc1ccc(NC(N)=NC2CC(F)(F)C2)cc1. The number of halogens is 2. The third kappa shape index (κ3) is 4.08. The molecule has 0 aliphatic heterocycles. The average molecular weight is 283 g/mol. The van der Waals surface area contributed by atoms with Crippen molar-refractivity contribution in [2.45, 2.75) is 44.8 Å². The molecule has 1 aliphatic rings. The second-order valence-electron chi connectivity index (χ2n) is 5.25. The zero-order valence-electron chi connectivity index (χ0n) is 11.6. The van der Waals surface area contributed by atoms with Gasteiger partial charge in [0.1, 0.15) is 5.75 Å². The van der Waals surface area contributed by atoms with Gasteiger partial charge in [-0.3, -0.25) is 0 Å². The van der Waals surface area contributed by atoms with Crippen molar-refractivity contribution in [3.8, 4) is 5.75 Å². The van der Waals surface area contributed by atoms with E-state index in [1.807, 2.05) is 26.0 Å². The van der Waals surface area contributed by atoms with Crippen LogP contribution in [0.3, 0.4) is 0 Å². The number of benzene rings is 1. The minimum atomic E-state index is -2.58. The first-order valence-electron chi connectivity index (χ1n) is 6.59. The molecule has 4 nitrogen and oxygen atoms in total.